The van der Waals surface area contributed by atoms with Crippen molar-refractivity contribution in [3.8, 4) is 0 Å². The summed E-state index contributed by atoms with van der Waals surface area (Å²) in [4.78, 5) is 0. The van der Waals surface area contributed by atoms with Gasteiger partial charge in [0.1, 0.15) is 0 Å². The fourth-order valence-electron chi connectivity index (χ4n) is 1.26. The first-order chi connectivity index (χ1) is 5.69. The van der Waals surface area contributed by atoms with Gasteiger partial charge in [-0.2, -0.15) is 5.10 Å². The number of nitrogens with zero attached hydrogens (tertiary/aromatic N) is 2. The number of hydrogen-bond acceptors (Lipinski definition) is 2. The van der Waals surface area contributed by atoms with E-state index in [9.17, 15) is 0 Å². The highest BCUT2D eigenvalue weighted by Gasteiger charge is 2.07. The van der Waals surface area contributed by atoms with E-state index in [0.29, 0.717) is 0 Å². The molecule has 0 fully saturated rings. The molecule has 0 amide bonds. The monoisotopic (exact) mass is 167 g/mol. The Hall–Kier alpha value is -0.830. The van der Waals surface area contributed by atoms with Crippen molar-refractivity contribution in [3.63, 3.8) is 0 Å². The van der Waals surface area contributed by atoms with E-state index >= 15 is 0 Å². The first-order valence-electron chi connectivity index (χ1n) is 4.51. The van der Waals surface area contributed by atoms with Crippen LogP contribution in [-0.4, -0.2) is 9.78 Å². The third-order valence-electron chi connectivity index (χ3n) is 2.01. The van der Waals surface area contributed by atoms with Gasteiger partial charge in [-0.15, -0.1) is 0 Å². The Morgan fingerprint density at radius 2 is 2.25 bits per heavy atom. The van der Waals surface area contributed by atoms with Gasteiger partial charge in [-0.25, -0.2) is 0 Å². The number of aryl methyl sites for hydroxylation is 2. The van der Waals surface area contributed by atoms with E-state index in [2.05, 4.69) is 25.0 Å². The van der Waals surface area contributed by atoms with Crippen molar-refractivity contribution in [1.29, 1.82) is 0 Å². The molecule has 0 saturated heterocycles. The van der Waals surface area contributed by atoms with Gasteiger partial charge in [-0.1, -0.05) is 6.92 Å². The highest BCUT2D eigenvalue weighted by atomic mass is 15.3. The molecule has 1 atom stereocenters. The highest BCUT2D eigenvalue weighted by Crippen LogP contribution is 2.10. The van der Waals surface area contributed by atoms with Crippen LogP contribution in [0.15, 0.2) is 6.07 Å². The summed E-state index contributed by atoms with van der Waals surface area (Å²) >= 11 is 0. The van der Waals surface area contributed by atoms with Crippen LogP contribution in [0.2, 0.25) is 0 Å². The first-order valence-corrected chi connectivity index (χ1v) is 4.51. The second-order valence-electron chi connectivity index (χ2n) is 3.02. The van der Waals surface area contributed by atoms with Gasteiger partial charge in [0.05, 0.1) is 5.69 Å². The van der Waals surface area contributed by atoms with Crippen LogP contribution in [0.4, 0.5) is 0 Å². The molecule has 0 spiro atoms. The molecule has 2 N–H and O–H groups in total. The highest BCUT2D eigenvalue weighted by molar-refractivity contribution is 5.12. The summed E-state index contributed by atoms with van der Waals surface area (Å²) in [7, 11) is 0. The van der Waals surface area contributed by atoms with Gasteiger partial charge in [0.15, 0.2) is 0 Å². The second-order valence-corrected chi connectivity index (χ2v) is 3.02. The van der Waals surface area contributed by atoms with Crippen molar-refractivity contribution in [2.24, 2.45) is 5.73 Å². The van der Waals surface area contributed by atoms with Gasteiger partial charge < -0.3 is 5.73 Å². The maximum Gasteiger partial charge on any atom is 0.0791 e. The summed E-state index contributed by atoms with van der Waals surface area (Å²) in [5.74, 6) is 0. The zero-order valence-corrected chi connectivity index (χ0v) is 8.04. The van der Waals surface area contributed by atoms with E-state index in [1.807, 2.05) is 11.6 Å². The van der Waals surface area contributed by atoms with Crippen molar-refractivity contribution >= 4 is 0 Å². The van der Waals surface area contributed by atoms with Crippen molar-refractivity contribution in [2.75, 3.05) is 0 Å². The maximum absolute atomic E-state index is 5.73. The van der Waals surface area contributed by atoms with E-state index < -0.39 is 0 Å². The summed E-state index contributed by atoms with van der Waals surface area (Å²) in [5, 5.41) is 4.39. The summed E-state index contributed by atoms with van der Waals surface area (Å²) in [6, 6.07) is 2.14. The number of rotatable bonds is 3. The molecule has 1 aromatic heterocycles. The zero-order valence-electron chi connectivity index (χ0n) is 8.04. The molecule has 0 aliphatic heterocycles. The van der Waals surface area contributed by atoms with Crippen LogP contribution >= 0.6 is 0 Å². The Morgan fingerprint density at radius 1 is 1.58 bits per heavy atom. The molecule has 0 saturated carbocycles. The molecule has 1 rings (SSSR count). The molecule has 0 aromatic carbocycles. The molecule has 0 radical (unpaired) electrons. The van der Waals surface area contributed by atoms with E-state index in [0.717, 1.165) is 18.7 Å². The zero-order chi connectivity index (χ0) is 9.14. The predicted octanol–water partition coefficient (Wildman–Crippen LogP) is 1.49. The van der Waals surface area contributed by atoms with Crippen LogP contribution in [0, 0.1) is 0 Å². The summed E-state index contributed by atoms with van der Waals surface area (Å²) in [5.41, 5.74) is 7.99. The number of hydrogen-bond donors (Lipinski definition) is 1. The molecule has 1 unspecified atom stereocenters. The Morgan fingerprint density at radius 3 is 2.58 bits per heavy atom. The average Bonchev–Trinajstić information content (AvgIpc) is 2.46. The molecule has 1 heterocycles. The van der Waals surface area contributed by atoms with E-state index in [1.165, 1.54) is 5.69 Å². The normalized spacial score (nSPS) is 13.3. The van der Waals surface area contributed by atoms with Crippen molar-refractivity contribution in [2.45, 2.75) is 39.8 Å². The fraction of sp³-hybridized carbons (Fsp3) is 0.667. The Bertz CT molecular complexity index is 229. The Kier molecular flexibility index (Phi) is 2.87. The van der Waals surface area contributed by atoms with Crippen molar-refractivity contribution in [3.05, 3.63) is 17.5 Å². The second kappa shape index (κ2) is 3.72. The Labute approximate surface area is 73.6 Å². The SMILES string of the molecule is CCc1cc(C(C)N)nn1CC. The molecular weight excluding hydrogens is 150 g/mol. The molecular formula is C9H17N3. The lowest BCUT2D eigenvalue weighted by Crippen LogP contribution is -2.07. The topological polar surface area (TPSA) is 43.8 Å². The number of nitrogens with two attached hydrogens (primary N) is 1. The quantitative estimate of drug-likeness (QED) is 0.741. The lowest BCUT2D eigenvalue weighted by molar-refractivity contribution is 0.606. The summed E-state index contributed by atoms with van der Waals surface area (Å²) in [6.07, 6.45) is 1.02. The van der Waals surface area contributed by atoms with Crippen LogP contribution in [0.25, 0.3) is 0 Å². The van der Waals surface area contributed by atoms with E-state index in [4.69, 9.17) is 5.73 Å². The predicted molar refractivity (Wildman–Crippen MR) is 49.9 cm³/mol. The first kappa shape index (κ1) is 9.26. The van der Waals surface area contributed by atoms with Gasteiger partial charge >= 0.3 is 0 Å². The van der Waals surface area contributed by atoms with Gasteiger partial charge in [-0.05, 0) is 26.3 Å². The van der Waals surface area contributed by atoms with Crippen LogP contribution in [0.3, 0.4) is 0 Å². The average molecular weight is 167 g/mol. The lowest BCUT2D eigenvalue weighted by Gasteiger charge is -2.00. The molecule has 3 nitrogen and oxygen atoms in total. The van der Waals surface area contributed by atoms with Crippen LogP contribution < -0.4 is 5.73 Å². The standard InChI is InChI=1S/C9H17N3/c1-4-8-6-9(7(3)10)11-12(8)5-2/h6-7H,4-5,10H2,1-3H3. The number of aromatic nitrogens is 2. The molecule has 68 valence electrons. The third-order valence-corrected chi connectivity index (χ3v) is 2.01. The molecule has 12 heavy (non-hydrogen) atoms. The molecule has 0 aliphatic rings. The van der Waals surface area contributed by atoms with E-state index in [-0.39, 0.29) is 6.04 Å². The smallest absolute Gasteiger partial charge is 0.0791 e. The van der Waals surface area contributed by atoms with Crippen molar-refractivity contribution in [1.82, 2.24) is 9.78 Å². The van der Waals surface area contributed by atoms with Gasteiger partial charge in [0, 0.05) is 18.3 Å². The van der Waals surface area contributed by atoms with Crippen LogP contribution in [0.5, 0.6) is 0 Å². The van der Waals surface area contributed by atoms with Gasteiger partial charge in [0.2, 0.25) is 0 Å². The minimum atomic E-state index is 0.0445. The molecule has 1 aromatic rings. The molecule has 3 heteroatoms. The van der Waals surface area contributed by atoms with Crippen LogP contribution in [0.1, 0.15) is 38.2 Å². The molecule has 0 aliphatic carbocycles. The minimum absolute atomic E-state index is 0.0445. The third kappa shape index (κ3) is 1.67. The van der Waals surface area contributed by atoms with Gasteiger partial charge in [0.25, 0.3) is 0 Å². The van der Waals surface area contributed by atoms with E-state index in [1.54, 1.807) is 0 Å². The Balaban J connectivity index is 2.97. The summed E-state index contributed by atoms with van der Waals surface area (Å²) < 4.78 is 2.01. The maximum atomic E-state index is 5.73. The van der Waals surface area contributed by atoms with Crippen LogP contribution in [-0.2, 0) is 13.0 Å². The fourth-order valence-corrected chi connectivity index (χ4v) is 1.26. The lowest BCUT2D eigenvalue weighted by atomic mass is 10.2. The summed E-state index contributed by atoms with van der Waals surface area (Å²) in [6.45, 7) is 7.11. The largest absolute Gasteiger partial charge is 0.323 e. The minimum Gasteiger partial charge on any atom is -0.323 e. The van der Waals surface area contributed by atoms with Gasteiger partial charge in [-0.3, -0.25) is 4.68 Å². The van der Waals surface area contributed by atoms with Crippen molar-refractivity contribution < 1.29 is 0 Å². The molecule has 0 bridgehead atoms.